The average molecular weight is 340 g/mol. The topological polar surface area (TPSA) is 75.9 Å². The van der Waals surface area contributed by atoms with Crippen molar-refractivity contribution in [1.82, 2.24) is 24.6 Å². The summed E-state index contributed by atoms with van der Waals surface area (Å²) < 4.78 is 39.9. The SMILES string of the molecule is Cn1cnnc1C1CCCN1C(=O)Nc1cc(C(F)(F)F)ccn1. The molecule has 0 spiro atoms. The third kappa shape index (κ3) is 3.17. The van der Waals surface area contributed by atoms with Crippen LogP contribution in [0.15, 0.2) is 24.7 Å². The molecule has 0 saturated carbocycles. The lowest BCUT2D eigenvalue weighted by atomic mass is 10.2. The molecule has 1 unspecified atom stereocenters. The molecule has 3 rings (SSSR count). The number of amides is 2. The van der Waals surface area contributed by atoms with Crippen LogP contribution in [0.2, 0.25) is 0 Å². The second-order valence-corrected chi connectivity index (χ2v) is 5.51. The summed E-state index contributed by atoms with van der Waals surface area (Å²) in [5.74, 6) is 0.498. The predicted molar refractivity (Wildman–Crippen MR) is 77.9 cm³/mol. The lowest BCUT2D eigenvalue weighted by Crippen LogP contribution is -2.35. The van der Waals surface area contributed by atoms with E-state index in [1.807, 2.05) is 0 Å². The third-order valence-corrected chi connectivity index (χ3v) is 3.88. The summed E-state index contributed by atoms with van der Waals surface area (Å²) in [7, 11) is 1.78. The van der Waals surface area contributed by atoms with Crippen LogP contribution in [-0.2, 0) is 13.2 Å². The first-order valence-electron chi connectivity index (χ1n) is 7.31. The van der Waals surface area contributed by atoms with E-state index in [1.54, 1.807) is 11.6 Å². The Balaban J connectivity index is 1.76. The van der Waals surface area contributed by atoms with E-state index >= 15 is 0 Å². The number of urea groups is 1. The Morgan fingerprint density at radius 1 is 1.42 bits per heavy atom. The first-order chi connectivity index (χ1) is 11.4. The number of hydrogen-bond acceptors (Lipinski definition) is 4. The minimum Gasteiger partial charge on any atom is -0.319 e. The van der Waals surface area contributed by atoms with Gasteiger partial charge in [0.15, 0.2) is 5.82 Å². The number of carbonyl (C=O) groups excluding carboxylic acids is 1. The molecule has 24 heavy (non-hydrogen) atoms. The van der Waals surface area contributed by atoms with E-state index in [9.17, 15) is 18.0 Å². The van der Waals surface area contributed by atoms with Gasteiger partial charge in [0.05, 0.1) is 11.6 Å². The van der Waals surface area contributed by atoms with E-state index in [2.05, 4.69) is 20.5 Å². The number of nitrogens with zero attached hydrogens (tertiary/aromatic N) is 5. The molecule has 10 heteroatoms. The zero-order chi connectivity index (χ0) is 17.3. The zero-order valence-electron chi connectivity index (χ0n) is 12.8. The second kappa shape index (κ2) is 6.10. The fraction of sp³-hybridized carbons (Fsp3) is 0.429. The van der Waals surface area contributed by atoms with Gasteiger partial charge in [-0.25, -0.2) is 9.78 Å². The van der Waals surface area contributed by atoms with Gasteiger partial charge in [-0.1, -0.05) is 0 Å². The molecule has 0 aliphatic carbocycles. The Morgan fingerprint density at radius 3 is 2.88 bits per heavy atom. The van der Waals surface area contributed by atoms with Gasteiger partial charge in [-0.15, -0.1) is 10.2 Å². The van der Waals surface area contributed by atoms with Gasteiger partial charge in [-0.05, 0) is 25.0 Å². The van der Waals surface area contributed by atoms with Crippen LogP contribution in [0.25, 0.3) is 0 Å². The van der Waals surface area contributed by atoms with E-state index < -0.39 is 17.8 Å². The molecule has 0 bridgehead atoms. The van der Waals surface area contributed by atoms with Crippen molar-refractivity contribution >= 4 is 11.8 Å². The second-order valence-electron chi connectivity index (χ2n) is 5.51. The normalized spacial score (nSPS) is 18.0. The van der Waals surface area contributed by atoms with Gasteiger partial charge in [0.1, 0.15) is 12.1 Å². The summed E-state index contributed by atoms with van der Waals surface area (Å²) in [5, 5.41) is 10.2. The van der Waals surface area contributed by atoms with Gasteiger partial charge in [-0.2, -0.15) is 13.2 Å². The molecule has 7 nitrogen and oxygen atoms in total. The quantitative estimate of drug-likeness (QED) is 0.912. The molecule has 1 atom stereocenters. The number of anilines is 1. The molecule has 2 aromatic rings. The van der Waals surface area contributed by atoms with Crippen LogP contribution in [0.4, 0.5) is 23.8 Å². The Labute approximate surface area is 135 Å². The Morgan fingerprint density at radius 2 is 2.21 bits per heavy atom. The number of hydrogen-bond donors (Lipinski definition) is 1. The first-order valence-corrected chi connectivity index (χ1v) is 7.31. The van der Waals surface area contributed by atoms with Crippen LogP contribution in [0.3, 0.4) is 0 Å². The van der Waals surface area contributed by atoms with E-state index in [4.69, 9.17) is 0 Å². The zero-order valence-corrected chi connectivity index (χ0v) is 12.8. The predicted octanol–water partition coefficient (Wildman–Crippen LogP) is 2.60. The fourth-order valence-electron chi connectivity index (χ4n) is 2.73. The number of alkyl halides is 3. The molecule has 2 amide bonds. The molecule has 1 fully saturated rings. The molecular formula is C14H15F3N6O. The van der Waals surface area contributed by atoms with Crippen LogP contribution in [0, 0.1) is 0 Å². The lowest BCUT2D eigenvalue weighted by Gasteiger charge is -2.24. The van der Waals surface area contributed by atoms with E-state index in [1.165, 1.54) is 11.2 Å². The first kappa shape index (κ1) is 16.2. The number of carbonyl (C=O) groups is 1. The molecule has 1 aliphatic rings. The molecular weight excluding hydrogens is 325 g/mol. The Bertz CT molecular complexity index is 744. The molecule has 1 saturated heterocycles. The number of rotatable bonds is 2. The van der Waals surface area contributed by atoms with Crippen molar-refractivity contribution in [1.29, 1.82) is 0 Å². The van der Waals surface area contributed by atoms with Gasteiger partial charge in [0, 0.05) is 19.8 Å². The standard InChI is InChI=1S/C14H15F3N6O/c1-22-8-19-21-12(22)10-3-2-6-23(10)13(24)20-11-7-9(4-5-18-11)14(15,16)17/h4-5,7-8,10H,2-3,6H2,1H3,(H,18,20,24). The van der Waals surface area contributed by atoms with Gasteiger partial charge in [-0.3, -0.25) is 5.32 Å². The average Bonchev–Trinajstić information content (AvgIpc) is 3.14. The van der Waals surface area contributed by atoms with Crippen molar-refractivity contribution < 1.29 is 18.0 Å². The molecule has 1 aliphatic heterocycles. The smallest absolute Gasteiger partial charge is 0.319 e. The molecule has 0 radical (unpaired) electrons. The molecule has 2 aromatic heterocycles. The van der Waals surface area contributed by atoms with E-state index in [0.717, 1.165) is 31.2 Å². The van der Waals surface area contributed by atoms with E-state index in [0.29, 0.717) is 12.4 Å². The van der Waals surface area contributed by atoms with Gasteiger partial charge in [0.25, 0.3) is 0 Å². The number of halogens is 3. The summed E-state index contributed by atoms with van der Waals surface area (Å²) >= 11 is 0. The van der Waals surface area contributed by atoms with Crippen LogP contribution in [0.1, 0.15) is 30.3 Å². The van der Waals surface area contributed by atoms with Crippen molar-refractivity contribution in [2.45, 2.75) is 25.1 Å². The number of pyridine rings is 1. The van der Waals surface area contributed by atoms with Crippen LogP contribution < -0.4 is 5.32 Å². The summed E-state index contributed by atoms with van der Waals surface area (Å²) in [6.45, 7) is 0.488. The maximum absolute atomic E-state index is 12.7. The molecule has 3 heterocycles. The van der Waals surface area contributed by atoms with Crippen molar-refractivity contribution in [3.05, 3.63) is 36.0 Å². The number of nitrogens with one attached hydrogen (secondary N) is 1. The van der Waals surface area contributed by atoms with Crippen molar-refractivity contribution in [3.8, 4) is 0 Å². The van der Waals surface area contributed by atoms with Crippen LogP contribution in [-0.4, -0.2) is 37.2 Å². The van der Waals surface area contributed by atoms with Crippen molar-refractivity contribution in [2.24, 2.45) is 7.05 Å². The summed E-state index contributed by atoms with van der Waals surface area (Å²) in [5.41, 5.74) is -0.862. The Kier molecular flexibility index (Phi) is 4.12. The molecule has 0 aromatic carbocycles. The maximum atomic E-state index is 12.7. The molecule has 128 valence electrons. The number of aromatic nitrogens is 4. The van der Waals surface area contributed by atoms with Crippen molar-refractivity contribution in [2.75, 3.05) is 11.9 Å². The van der Waals surface area contributed by atoms with Crippen molar-refractivity contribution in [3.63, 3.8) is 0 Å². The summed E-state index contributed by atoms with van der Waals surface area (Å²) in [6, 6.07) is 0.898. The lowest BCUT2D eigenvalue weighted by molar-refractivity contribution is -0.137. The highest BCUT2D eigenvalue weighted by Crippen LogP contribution is 2.32. The van der Waals surface area contributed by atoms with Crippen LogP contribution in [0.5, 0.6) is 0 Å². The van der Waals surface area contributed by atoms with E-state index in [-0.39, 0.29) is 11.9 Å². The Hall–Kier alpha value is -2.65. The highest BCUT2D eigenvalue weighted by Gasteiger charge is 2.34. The number of aryl methyl sites for hydroxylation is 1. The summed E-state index contributed by atoms with van der Waals surface area (Å²) in [4.78, 5) is 17.7. The molecule has 1 N–H and O–H groups in total. The largest absolute Gasteiger partial charge is 0.416 e. The monoisotopic (exact) mass is 340 g/mol. The third-order valence-electron chi connectivity index (χ3n) is 3.88. The fourth-order valence-corrected chi connectivity index (χ4v) is 2.73. The summed E-state index contributed by atoms with van der Waals surface area (Å²) in [6.07, 6.45) is -0.436. The van der Waals surface area contributed by atoms with Gasteiger partial charge >= 0.3 is 12.2 Å². The van der Waals surface area contributed by atoms with Gasteiger partial charge in [0.2, 0.25) is 0 Å². The van der Waals surface area contributed by atoms with Gasteiger partial charge < -0.3 is 9.47 Å². The highest BCUT2D eigenvalue weighted by atomic mass is 19.4. The number of likely N-dealkylation sites (tertiary alicyclic amines) is 1. The highest BCUT2D eigenvalue weighted by molar-refractivity contribution is 5.88. The van der Waals surface area contributed by atoms with Crippen LogP contribution >= 0.6 is 0 Å². The minimum atomic E-state index is -4.49. The maximum Gasteiger partial charge on any atom is 0.416 e. The minimum absolute atomic E-state index is 0.140.